The highest BCUT2D eigenvalue weighted by atomic mass is 79.9. The van der Waals surface area contributed by atoms with E-state index in [2.05, 4.69) is 53.5 Å². The number of nitrogens with zero attached hydrogens (tertiary/aromatic N) is 4. The molecular formula is C23H17BrClF2N7O. The lowest BCUT2D eigenvalue weighted by atomic mass is 10.1. The molecule has 4 aromatic rings. The molecule has 35 heavy (non-hydrogen) atoms. The molecule has 8 nitrogen and oxygen atoms in total. The SMILES string of the molecule is C=CC(=O)Nc1cc(F)cc(Nc2nc(Nc3cnn(C)c3)ncc2-c2cc(F)c(Br)c(Cl)c2)c1. The van der Waals surface area contributed by atoms with Crippen molar-refractivity contribution in [2.75, 3.05) is 16.0 Å². The number of hydrogen-bond acceptors (Lipinski definition) is 6. The zero-order valence-electron chi connectivity index (χ0n) is 18.1. The molecule has 2 aromatic carbocycles. The maximum atomic E-state index is 14.4. The van der Waals surface area contributed by atoms with Gasteiger partial charge in [0.2, 0.25) is 11.9 Å². The Balaban J connectivity index is 1.77. The van der Waals surface area contributed by atoms with E-state index in [4.69, 9.17) is 11.6 Å². The topological polar surface area (TPSA) is 96.8 Å². The van der Waals surface area contributed by atoms with Crippen molar-refractivity contribution in [3.05, 3.63) is 82.7 Å². The summed E-state index contributed by atoms with van der Waals surface area (Å²) in [6, 6.07) is 6.72. The maximum absolute atomic E-state index is 14.4. The molecule has 2 heterocycles. The van der Waals surface area contributed by atoms with Crippen LogP contribution in [-0.2, 0) is 11.8 Å². The summed E-state index contributed by atoms with van der Waals surface area (Å²) >= 11 is 9.25. The molecule has 1 amide bonds. The minimum atomic E-state index is -0.601. The second-order valence-corrected chi connectivity index (χ2v) is 8.48. The second kappa shape index (κ2) is 10.2. The zero-order chi connectivity index (χ0) is 25.1. The number of carbonyl (C=O) groups excluding carboxylic acids is 1. The van der Waals surface area contributed by atoms with Gasteiger partial charge in [-0.3, -0.25) is 9.48 Å². The van der Waals surface area contributed by atoms with Crippen LogP contribution >= 0.6 is 27.5 Å². The third-order valence-electron chi connectivity index (χ3n) is 4.66. The van der Waals surface area contributed by atoms with Crippen LogP contribution in [0, 0.1) is 11.6 Å². The largest absolute Gasteiger partial charge is 0.339 e. The molecule has 0 atom stereocenters. The predicted molar refractivity (Wildman–Crippen MR) is 135 cm³/mol. The molecule has 4 rings (SSSR count). The van der Waals surface area contributed by atoms with Crippen LogP contribution in [0.1, 0.15) is 0 Å². The maximum Gasteiger partial charge on any atom is 0.247 e. The molecule has 0 fully saturated rings. The highest BCUT2D eigenvalue weighted by Crippen LogP contribution is 2.36. The highest BCUT2D eigenvalue weighted by molar-refractivity contribution is 9.10. The standard InChI is InChI=1S/C23H17BrClF2N7O/c1-3-20(35)30-14-6-13(26)7-15(8-14)31-22-17(12-4-18(25)21(24)19(27)5-12)10-28-23(33-22)32-16-9-29-34(2)11-16/h3-11H,1H2,2H3,(H,30,35)(H2,28,31,32,33). The molecule has 0 bridgehead atoms. The van der Waals surface area contributed by atoms with Gasteiger partial charge >= 0.3 is 0 Å². The lowest BCUT2D eigenvalue weighted by molar-refractivity contribution is -0.111. The van der Waals surface area contributed by atoms with Gasteiger partial charge in [0.05, 0.1) is 21.4 Å². The molecule has 178 valence electrons. The molecule has 0 aliphatic heterocycles. The fourth-order valence-corrected chi connectivity index (χ4v) is 3.58. The minimum absolute atomic E-state index is 0.126. The van der Waals surface area contributed by atoms with Gasteiger partial charge in [-0.05, 0) is 57.9 Å². The predicted octanol–water partition coefficient (Wildman–Crippen LogP) is 6.18. The van der Waals surface area contributed by atoms with Crippen LogP contribution in [-0.4, -0.2) is 25.7 Å². The summed E-state index contributed by atoms with van der Waals surface area (Å²) in [6.07, 6.45) is 5.88. The van der Waals surface area contributed by atoms with Crippen LogP contribution < -0.4 is 16.0 Å². The van der Waals surface area contributed by atoms with Gasteiger partial charge in [-0.2, -0.15) is 10.1 Å². The van der Waals surface area contributed by atoms with Gasteiger partial charge in [0.1, 0.15) is 17.5 Å². The van der Waals surface area contributed by atoms with E-state index < -0.39 is 17.5 Å². The summed E-state index contributed by atoms with van der Waals surface area (Å²) in [7, 11) is 1.76. The molecule has 0 spiro atoms. The lowest BCUT2D eigenvalue weighted by Gasteiger charge is -2.15. The first-order chi connectivity index (χ1) is 16.7. The van der Waals surface area contributed by atoms with Crippen molar-refractivity contribution >= 4 is 62.3 Å². The van der Waals surface area contributed by atoms with E-state index in [0.717, 1.165) is 12.1 Å². The van der Waals surface area contributed by atoms with Crippen molar-refractivity contribution in [2.45, 2.75) is 0 Å². The first kappa shape index (κ1) is 24.3. The third-order valence-corrected chi connectivity index (χ3v) is 5.99. The normalized spacial score (nSPS) is 10.7. The number of halogens is 4. The Labute approximate surface area is 212 Å². The third kappa shape index (κ3) is 5.81. The summed E-state index contributed by atoms with van der Waals surface area (Å²) in [6.45, 7) is 3.38. The number of carbonyl (C=O) groups is 1. The number of amides is 1. The number of anilines is 5. The van der Waals surface area contributed by atoms with Crippen molar-refractivity contribution in [3.63, 3.8) is 0 Å². The molecule has 3 N–H and O–H groups in total. The van der Waals surface area contributed by atoms with Crippen molar-refractivity contribution < 1.29 is 13.6 Å². The lowest BCUT2D eigenvalue weighted by Crippen LogP contribution is -2.08. The van der Waals surface area contributed by atoms with E-state index in [0.29, 0.717) is 16.8 Å². The first-order valence-corrected chi connectivity index (χ1v) is 11.2. The fourth-order valence-electron chi connectivity index (χ4n) is 3.14. The summed E-state index contributed by atoms with van der Waals surface area (Å²) in [5, 5.41) is 12.8. The molecular weight excluding hydrogens is 544 g/mol. The summed E-state index contributed by atoms with van der Waals surface area (Å²) in [5.41, 5.74) is 1.92. The second-order valence-electron chi connectivity index (χ2n) is 7.28. The number of hydrogen-bond donors (Lipinski definition) is 3. The molecule has 0 saturated carbocycles. The Morgan fingerprint density at radius 2 is 1.89 bits per heavy atom. The Morgan fingerprint density at radius 3 is 2.57 bits per heavy atom. The van der Waals surface area contributed by atoms with Crippen molar-refractivity contribution in [3.8, 4) is 11.1 Å². The van der Waals surface area contributed by atoms with Gasteiger partial charge in [0.15, 0.2) is 0 Å². The first-order valence-electron chi connectivity index (χ1n) is 10.0. The molecule has 0 radical (unpaired) electrons. The Hall–Kier alpha value is -3.83. The highest BCUT2D eigenvalue weighted by Gasteiger charge is 2.16. The zero-order valence-corrected chi connectivity index (χ0v) is 20.5. The Bertz CT molecular complexity index is 1420. The smallest absolute Gasteiger partial charge is 0.247 e. The molecule has 0 aliphatic rings. The van der Waals surface area contributed by atoms with Crippen molar-refractivity contribution in [1.29, 1.82) is 0 Å². The average molecular weight is 561 g/mol. The van der Waals surface area contributed by atoms with Crippen molar-refractivity contribution in [2.24, 2.45) is 7.05 Å². The Kier molecular flexibility index (Phi) is 7.08. The number of rotatable bonds is 7. The number of benzene rings is 2. The fraction of sp³-hybridized carbons (Fsp3) is 0.0435. The number of nitrogens with one attached hydrogen (secondary N) is 3. The molecule has 0 unspecified atom stereocenters. The number of aryl methyl sites for hydroxylation is 1. The van der Waals surface area contributed by atoms with Crippen LogP contribution in [0.4, 0.5) is 37.6 Å². The van der Waals surface area contributed by atoms with E-state index in [1.807, 2.05) is 0 Å². The summed E-state index contributed by atoms with van der Waals surface area (Å²) in [5.74, 6) is -1.22. The van der Waals surface area contributed by atoms with Gasteiger partial charge < -0.3 is 16.0 Å². The molecule has 12 heteroatoms. The molecule has 0 saturated heterocycles. The van der Waals surface area contributed by atoms with Crippen LogP contribution in [0.2, 0.25) is 5.02 Å². The van der Waals surface area contributed by atoms with E-state index in [1.54, 1.807) is 30.2 Å². The quantitative estimate of drug-likeness (QED) is 0.184. The van der Waals surface area contributed by atoms with Crippen LogP contribution in [0.25, 0.3) is 11.1 Å². The monoisotopic (exact) mass is 559 g/mol. The Morgan fingerprint density at radius 1 is 1.11 bits per heavy atom. The van der Waals surface area contributed by atoms with E-state index >= 15 is 0 Å². The number of aromatic nitrogens is 4. The van der Waals surface area contributed by atoms with Crippen LogP contribution in [0.15, 0.2) is 66.1 Å². The van der Waals surface area contributed by atoms with Gasteiger partial charge in [-0.25, -0.2) is 13.8 Å². The van der Waals surface area contributed by atoms with E-state index in [1.165, 1.54) is 24.4 Å². The minimum Gasteiger partial charge on any atom is -0.339 e. The van der Waals surface area contributed by atoms with Crippen molar-refractivity contribution in [1.82, 2.24) is 19.7 Å². The average Bonchev–Trinajstić information content (AvgIpc) is 3.21. The molecule has 2 aromatic heterocycles. The van der Waals surface area contributed by atoms with Gasteiger partial charge in [0.25, 0.3) is 0 Å². The summed E-state index contributed by atoms with van der Waals surface area (Å²) < 4.78 is 30.4. The van der Waals surface area contributed by atoms with Gasteiger partial charge in [-0.1, -0.05) is 18.2 Å². The van der Waals surface area contributed by atoms with Crippen LogP contribution in [0.5, 0.6) is 0 Å². The van der Waals surface area contributed by atoms with E-state index in [9.17, 15) is 13.6 Å². The van der Waals surface area contributed by atoms with E-state index in [-0.39, 0.29) is 32.6 Å². The van der Waals surface area contributed by atoms with Crippen LogP contribution in [0.3, 0.4) is 0 Å². The van der Waals surface area contributed by atoms with Gasteiger partial charge in [-0.15, -0.1) is 0 Å². The van der Waals surface area contributed by atoms with Gasteiger partial charge in [0, 0.05) is 36.4 Å². The molecule has 0 aliphatic carbocycles. The summed E-state index contributed by atoms with van der Waals surface area (Å²) in [4.78, 5) is 20.5.